The number of rotatable bonds is 6. The van der Waals surface area contributed by atoms with Crippen molar-refractivity contribution in [1.82, 2.24) is 4.90 Å². The summed E-state index contributed by atoms with van der Waals surface area (Å²) in [6, 6.07) is -0.300. The molecular formula is C17H24N3NaO5. The first-order valence-corrected chi connectivity index (χ1v) is 8.69. The van der Waals surface area contributed by atoms with Gasteiger partial charge in [-0.1, -0.05) is 0 Å². The van der Waals surface area contributed by atoms with Crippen molar-refractivity contribution >= 4 is 17.7 Å². The van der Waals surface area contributed by atoms with Crippen molar-refractivity contribution in [3.05, 3.63) is 11.3 Å². The van der Waals surface area contributed by atoms with Crippen molar-refractivity contribution in [2.45, 2.75) is 51.4 Å². The molecule has 9 heteroatoms. The second kappa shape index (κ2) is 8.39. The molecule has 2 aliphatic heterocycles. The van der Waals surface area contributed by atoms with E-state index in [4.69, 9.17) is 10.5 Å². The molecule has 0 aromatic carbocycles. The first-order chi connectivity index (χ1) is 11.8. The predicted molar refractivity (Wildman–Crippen MR) is 87.1 cm³/mol. The SMILES string of the molecule is CC(N)=NCCO[C@H]1CCC[C@H]2C1=C(C(=O)[O-])N1C(=O)[C@H]([C@@H](C)O)[C@@H]21.[Na+]. The maximum atomic E-state index is 12.4. The fourth-order valence-electron chi connectivity index (χ4n) is 4.41. The number of hydrogen-bond acceptors (Lipinski definition) is 6. The smallest absolute Gasteiger partial charge is 0.543 e. The summed E-state index contributed by atoms with van der Waals surface area (Å²) in [6.45, 7) is 3.99. The van der Waals surface area contributed by atoms with Crippen molar-refractivity contribution in [2.24, 2.45) is 22.6 Å². The van der Waals surface area contributed by atoms with Gasteiger partial charge in [-0.05, 0) is 38.7 Å². The van der Waals surface area contributed by atoms with E-state index in [1.165, 1.54) is 4.90 Å². The Hall–Kier alpha value is -0.930. The molecule has 26 heavy (non-hydrogen) atoms. The van der Waals surface area contributed by atoms with Crippen molar-refractivity contribution in [3.8, 4) is 0 Å². The van der Waals surface area contributed by atoms with Gasteiger partial charge in [0.05, 0.1) is 54.8 Å². The van der Waals surface area contributed by atoms with Crippen LogP contribution < -0.4 is 40.4 Å². The van der Waals surface area contributed by atoms with E-state index in [0.717, 1.165) is 12.8 Å². The van der Waals surface area contributed by atoms with Crippen LogP contribution in [0.1, 0.15) is 33.1 Å². The number of carbonyl (C=O) groups is 2. The zero-order valence-corrected chi connectivity index (χ0v) is 17.5. The molecule has 0 aromatic heterocycles. The molecule has 5 atom stereocenters. The van der Waals surface area contributed by atoms with Crippen molar-refractivity contribution in [2.75, 3.05) is 13.2 Å². The maximum Gasteiger partial charge on any atom is 1.00 e. The second-order valence-electron chi connectivity index (χ2n) is 6.98. The summed E-state index contributed by atoms with van der Waals surface area (Å²) in [4.78, 5) is 29.4. The van der Waals surface area contributed by atoms with Crippen molar-refractivity contribution < 1.29 is 54.1 Å². The van der Waals surface area contributed by atoms with E-state index in [9.17, 15) is 19.8 Å². The minimum absolute atomic E-state index is 0. The number of aliphatic hydroxyl groups is 1. The molecule has 0 radical (unpaired) electrons. The zero-order chi connectivity index (χ0) is 18.3. The number of carbonyl (C=O) groups excluding carboxylic acids is 2. The molecule has 3 aliphatic rings. The van der Waals surface area contributed by atoms with Gasteiger partial charge in [0.25, 0.3) is 0 Å². The number of amidine groups is 1. The van der Waals surface area contributed by atoms with Crippen LogP contribution in [0.25, 0.3) is 0 Å². The summed E-state index contributed by atoms with van der Waals surface area (Å²) in [5, 5.41) is 21.6. The minimum atomic E-state index is -1.36. The Bertz CT molecular complexity index is 644. The van der Waals surface area contributed by atoms with E-state index in [-0.39, 0.29) is 59.2 Å². The van der Waals surface area contributed by atoms with E-state index < -0.39 is 18.0 Å². The number of carboxylic acid groups (broad SMARTS) is 1. The largest absolute Gasteiger partial charge is 1.00 e. The number of amides is 1. The Morgan fingerprint density at radius 2 is 2.19 bits per heavy atom. The monoisotopic (exact) mass is 373 g/mol. The minimum Gasteiger partial charge on any atom is -0.543 e. The first kappa shape index (κ1) is 21.4. The van der Waals surface area contributed by atoms with Gasteiger partial charge in [0, 0.05) is 5.92 Å². The van der Waals surface area contributed by atoms with E-state index in [0.29, 0.717) is 31.0 Å². The zero-order valence-electron chi connectivity index (χ0n) is 15.5. The van der Waals surface area contributed by atoms with Crippen LogP contribution in [0.4, 0.5) is 0 Å². The van der Waals surface area contributed by atoms with Gasteiger partial charge in [0.1, 0.15) is 0 Å². The molecule has 8 nitrogen and oxygen atoms in total. The van der Waals surface area contributed by atoms with Gasteiger partial charge < -0.3 is 30.4 Å². The first-order valence-electron chi connectivity index (χ1n) is 8.69. The van der Waals surface area contributed by atoms with Gasteiger partial charge in [-0.2, -0.15) is 0 Å². The van der Waals surface area contributed by atoms with Crippen LogP contribution in [0.15, 0.2) is 16.3 Å². The van der Waals surface area contributed by atoms with Crippen LogP contribution >= 0.6 is 0 Å². The summed E-state index contributed by atoms with van der Waals surface area (Å²) in [7, 11) is 0. The third kappa shape index (κ3) is 3.57. The average molecular weight is 373 g/mol. The summed E-state index contributed by atoms with van der Waals surface area (Å²) in [6.07, 6.45) is 1.18. The molecule has 2 heterocycles. The number of aliphatic carboxylic acids is 1. The van der Waals surface area contributed by atoms with Crippen LogP contribution in [0.3, 0.4) is 0 Å². The standard InChI is InChI=1S/C17H25N3O5.Na/c1-8(21)12-14-10-4-3-5-11(25-7-6-19-9(2)18)13(10)15(17(23)24)20(14)16(12)22;/h8,10-12,14,21H,3-7H2,1-2H3,(H2,18,19)(H,23,24);/q;+1/p-1/t8-,10+,11+,12-,14-;/m1./s1. The molecule has 1 saturated carbocycles. The van der Waals surface area contributed by atoms with E-state index in [2.05, 4.69) is 4.99 Å². The number of β-lactam (4-membered cyclic amide) rings is 1. The molecule has 0 spiro atoms. The molecular weight excluding hydrogens is 349 g/mol. The summed E-state index contributed by atoms with van der Waals surface area (Å²) in [5.74, 6) is -1.88. The van der Waals surface area contributed by atoms with Gasteiger partial charge in [0.2, 0.25) is 5.91 Å². The third-order valence-electron chi connectivity index (χ3n) is 5.33. The Kier molecular flexibility index (Phi) is 6.90. The molecule has 0 bridgehead atoms. The molecule has 0 aromatic rings. The van der Waals surface area contributed by atoms with Gasteiger partial charge in [-0.3, -0.25) is 9.79 Å². The number of hydrogen-bond donors (Lipinski definition) is 2. The number of fused-ring (bicyclic) bond motifs is 3. The number of aliphatic imine (C=N–C) groups is 1. The summed E-state index contributed by atoms with van der Waals surface area (Å²) in [5.41, 5.74) is 6.08. The van der Waals surface area contributed by atoms with Gasteiger partial charge in [-0.25, -0.2) is 0 Å². The number of ether oxygens (including phenoxy) is 1. The molecule has 1 amide bonds. The van der Waals surface area contributed by atoms with E-state index >= 15 is 0 Å². The third-order valence-corrected chi connectivity index (χ3v) is 5.33. The quantitative estimate of drug-likeness (QED) is 0.160. The van der Waals surface area contributed by atoms with E-state index in [1.807, 2.05) is 0 Å². The van der Waals surface area contributed by atoms with Crippen LogP contribution in [0, 0.1) is 11.8 Å². The van der Waals surface area contributed by atoms with Crippen LogP contribution in [0.5, 0.6) is 0 Å². The fourth-order valence-corrected chi connectivity index (χ4v) is 4.41. The molecule has 3 rings (SSSR count). The molecule has 138 valence electrons. The Morgan fingerprint density at radius 1 is 1.50 bits per heavy atom. The summed E-state index contributed by atoms with van der Waals surface area (Å²) >= 11 is 0. The van der Waals surface area contributed by atoms with Gasteiger partial charge in [0.15, 0.2) is 0 Å². The fraction of sp³-hybridized carbons (Fsp3) is 0.706. The molecule has 2 fully saturated rings. The van der Waals surface area contributed by atoms with Crippen LogP contribution in [-0.4, -0.2) is 59.1 Å². The summed E-state index contributed by atoms with van der Waals surface area (Å²) < 4.78 is 5.87. The second-order valence-corrected chi connectivity index (χ2v) is 6.98. The van der Waals surface area contributed by atoms with Crippen molar-refractivity contribution in [3.63, 3.8) is 0 Å². The number of aliphatic hydroxyl groups excluding tert-OH is 1. The number of nitrogens with two attached hydrogens (primary N) is 1. The number of carboxylic acids is 1. The van der Waals surface area contributed by atoms with E-state index in [1.54, 1.807) is 13.8 Å². The van der Waals surface area contributed by atoms with Crippen molar-refractivity contribution in [1.29, 1.82) is 0 Å². The molecule has 3 N–H and O–H groups in total. The van der Waals surface area contributed by atoms with Gasteiger partial charge >= 0.3 is 29.6 Å². The maximum absolute atomic E-state index is 12.4. The predicted octanol–water partition coefficient (Wildman–Crippen LogP) is -4.22. The van der Waals surface area contributed by atoms with Crippen LogP contribution in [0.2, 0.25) is 0 Å². The van der Waals surface area contributed by atoms with Gasteiger partial charge in [-0.15, -0.1) is 0 Å². The molecule has 0 unspecified atom stereocenters. The average Bonchev–Trinajstić information content (AvgIpc) is 2.82. The van der Waals surface area contributed by atoms with Crippen LogP contribution in [-0.2, 0) is 14.3 Å². The topological polar surface area (TPSA) is 128 Å². The normalized spacial score (nSPS) is 31.7. The Morgan fingerprint density at radius 3 is 2.77 bits per heavy atom. The molecule has 1 saturated heterocycles. The molecule has 1 aliphatic carbocycles. The Labute approximate surface area is 174 Å². The number of nitrogens with zero attached hydrogens (tertiary/aromatic N) is 2. The Balaban J connectivity index is 0.00000243.